The first-order chi connectivity index (χ1) is 9.38. The molecule has 0 saturated carbocycles. The molecular weight excluding hydrogens is 238 g/mol. The largest absolute Gasteiger partial charge is 0.378 e. The molecule has 0 aromatic heterocycles. The SMILES string of the molecule is CCNC(CCCC1CCCO1)CC1CCCCO1. The van der Waals surface area contributed by atoms with Crippen LogP contribution in [-0.4, -0.2) is 38.0 Å². The third kappa shape index (κ3) is 5.80. The quantitative estimate of drug-likeness (QED) is 0.733. The van der Waals surface area contributed by atoms with Crippen molar-refractivity contribution in [1.82, 2.24) is 5.32 Å². The maximum atomic E-state index is 5.87. The minimum atomic E-state index is 0.500. The van der Waals surface area contributed by atoms with E-state index in [1.54, 1.807) is 0 Å². The first-order valence-corrected chi connectivity index (χ1v) is 8.35. The monoisotopic (exact) mass is 269 g/mol. The number of rotatable bonds is 8. The van der Waals surface area contributed by atoms with Gasteiger partial charge < -0.3 is 14.8 Å². The molecule has 1 N–H and O–H groups in total. The van der Waals surface area contributed by atoms with Crippen LogP contribution in [0.2, 0.25) is 0 Å². The average Bonchev–Trinajstić information content (AvgIpc) is 2.93. The van der Waals surface area contributed by atoms with Gasteiger partial charge >= 0.3 is 0 Å². The van der Waals surface area contributed by atoms with Crippen LogP contribution in [0, 0.1) is 0 Å². The fourth-order valence-electron chi connectivity index (χ4n) is 3.37. The van der Waals surface area contributed by atoms with Crippen molar-refractivity contribution in [2.45, 2.75) is 83.0 Å². The van der Waals surface area contributed by atoms with Gasteiger partial charge in [-0.1, -0.05) is 6.92 Å². The molecule has 3 unspecified atom stereocenters. The molecule has 0 aromatic carbocycles. The third-order valence-corrected chi connectivity index (χ3v) is 4.42. The lowest BCUT2D eigenvalue weighted by Crippen LogP contribution is -2.34. The molecule has 3 nitrogen and oxygen atoms in total. The number of hydrogen-bond acceptors (Lipinski definition) is 3. The molecule has 0 spiro atoms. The summed E-state index contributed by atoms with van der Waals surface area (Å²) in [7, 11) is 0. The van der Waals surface area contributed by atoms with Gasteiger partial charge in [-0.15, -0.1) is 0 Å². The molecule has 2 saturated heterocycles. The molecule has 3 heteroatoms. The van der Waals surface area contributed by atoms with Gasteiger partial charge in [0.15, 0.2) is 0 Å². The van der Waals surface area contributed by atoms with Crippen LogP contribution >= 0.6 is 0 Å². The average molecular weight is 269 g/mol. The Kier molecular flexibility index (Phi) is 7.18. The van der Waals surface area contributed by atoms with Gasteiger partial charge in [-0.25, -0.2) is 0 Å². The van der Waals surface area contributed by atoms with E-state index in [1.807, 2.05) is 0 Å². The van der Waals surface area contributed by atoms with Gasteiger partial charge in [-0.05, 0) is 64.3 Å². The van der Waals surface area contributed by atoms with Gasteiger partial charge in [0, 0.05) is 19.3 Å². The Labute approximate surface area is 118 Å². The fourth-order valence-corrected chi connectivity index (χ4v) is 3.37. The summed E-state index contributed by atoms with van der Waals surface area (Å²) in [5.74, 6) is 0. The van der Waals surface area contributed by atoms with Crippen LogP contribution < -0.4 is 5.32 Å². The van der Waals surface area contributed by atoms with Crippen LogP contribution in [0.1, 0.15) is 64.7 Å². The van der Waals surface area contributed by atoms with Gasteiger partial charge in [-0.3, -0.25) is 0 Å². The lowest BCUT2D eigenvalue weighted by molar-refractivity contribution is 0.00441. The molecule has 0 radical (unpaired) electrons. The Balaban J connectivity index is 1.62. The van der Waals surface area contributed by atoms with Gasteiger partial charge in [-0.2, -0.15) is 0 Å². The molecule has 0 amide bonds. The van der Waals surface area contributed by atoms with Crippen molar-refractivity contribution >= 4 is 0 Å². The van der Waals surface area contributed by atoms with Crippen molar-refractivity contribution in [3.63, 3.8) is 0 Å². The topological polar surface area (TPSA) is 30.5 Å². The van der Waals surface area contributed by atoms with Gasteiger partial charge in [0.2, 0.25) is 0 Å². The normalized spacial score (nSPS) is 29.5. The second-order valence-corrected chi connectivity index (χ2v) is 6.04. The van der Waals surface area contributed by atoms with Crippen molar-refractivity contribution in [3.8, 4) is 0 Å². The van der Waals surface area contributed by atoms with Gasteiger partial charge in [0.25, 0.3) is 0 Å². The summed E-state index contributed by atoms with van der Waals surface area (Å²) in [5.41, 5.74) is 0. The molecule has 0 aromatic rings. The Bertz CT molecular complexity index is 223. The summed E-state index contributed by atoms with van der Waals surface area (Å²) in [6.45, 7) is 5.22. The first kappa shape index (κ1) is 15.3. The lowest BCUT2D eigenvalue weighted by atomic mass is 9.97. The van der Waals surface area contributed by atoms with E-state index in [2.05, 4.69) is 12.2 Å². The molecule has 19 heavy (non-hydrogen) atoms. The molecule has 2 rings (SSSR count). The zero-order valence-electron chi connectivity index (χ0n) is 12.5. The predicted molar refractivity (Wildman–Crippen MR) is 78.5 cm³/mol. The second-order valence-electron chi connectivity index (χ2n) is 6.04. The number of ether oxygens (including phenoxy) is 2. The van der Waals surface area contributed by atoms with Crippen molar-refractivity contribution < 1.29 is 9.47 Å². The van der Waals surface area contributed by atoms with E-state index >= 15 is 0 Å². The minimum absolute atomic E-state index is 0.500. The van der Waals surface area contributed by atoms with Crippen molar-refractivity contribution in [2.75, 3.05) is 19.8 Å². The smallest absolute Gasteiger partial charge is 0.0590 e. The van der Waals surface area contributed by atoms with Crippen LogP contribution in [0.25, 0.3) is 0 Å². The van der Waals surface area contributed by atoms with Gasteiger partial charge in [0.1, 0.15) is 0 Å². The molecular formula is C16H31NO2. The van der Waals surface area contributed by atoms with E-state index in [0.29, 0.717) is 18.2 Å². The van der Waals surface area contributed by atoms with E-state index < -0.39 is 0 Å². The molecule has 112 valence electrons. The number of nitrogens with one attached hydrogen (secondary N) is 1. The molecule has 2 fully saturated rings. The van der Waals surface area contributed by atoms with Crippen molar-refractivity contribution in [3.05, 3.63) is 0 Å². The summed E-state index contributed by atoms with van der Waals surface area (Å²) >= 11 is 0. The zero-order chi connectivity index (χ0) is 13.3. The molecule has 0 aliphatic carbocycles. The summed E-state index contributed by atoms with van der Waals surface area (Å²) < 4.78 is 11.6. The zero-order valence-corrected chi connectivity index (χ0v) is 12.5. The standard InChI is InChI=1S/C16H31NO2/c1-2-17-14(13-16-8-3-4-11-19-16)7-5-9-15-10-6-12-18-15/h14-17H,2-13H2,1H3. The lowest BCUT2D eigenvalue weighted by Gasteiger charge is -2.27. The van der Waals surface area contributed by atoms with E-state index in [-0.39, 0.29) is 0 Å². The van der Waals surface area contributed by atoms with Crippen LogP contribution in [0.5, 0.6) is 0 Å². The Morgan fingerprint density at radius 3 is 2.53 bits per heavy atom. The second kappa shape index (κ2) is 8.93. The van der Waals surface area contributed by atoms with Crippen LogP contribution in [0.15, 0.2) is 0 Å². The van der Waals surface area contributed by atoms with Crippen molar-refractivity contribution in [1.29, 1.82) is 0 Å². The Morgan fingerprint density at radius 2 is 1.84 bits per heavy atom. The summed E-state index contributed by atoms with van der Waals surface area (Å²) in [6.07, 6.45) is 12.4. The maximum absolute atomic E-state index is 5.87. The summed E-state index contributed by atoms with van der Waals surface area (Å²) in [6, 6.07) is 0.634. The van der Waals surface area contributed by atoms with Crippen molar-refractivity contribution in [2.24, 2.45) is 0 Å². The molecule has 2 heterocycles. The Hall–Kier alpha value is -0.120. The van der Waals surface area contributed by atoms with E-state index in [1.165, 1.54) is 57.8 Å². The highest BCUT2D eigenvalue weighted by atomic mass is 16.5. The van der Waals surface area contributed by atoms with Crippen LogP contribution in [-0.2, 0) is 9.47 Å². The van der Waals surface area contributed by atoms with E-state index in [9.17, 15) is 0 Å². The third-order valence-electron chi connectivity index (χ3n) is 4.42. The summed E-state index contributed by atoms with van der Waals surface area (Å²) in [4.78, 5) is 0. The first-order valence-electron chi connectivity index (χ1n) is 8.35. The molecule has 2 aliphatic rings. The van der Waals surface area contributed by atoms with E-state index in [4.69, 9.17) is 9.47 Å². The molecule has 0 bridgehead atoms. The summed E-state index contributed by atoms with van der Waals surface area (Å²) in [5, 5.41) is 3.63. The fraction of sp³-hybridized carbons (Fsp3) is 1.00. The molecule has 3 atom stereocenters. The van der Waals surface area contributed by atoms with Gasteiger partial charge in [0.05, 0.1) is 12.2 Å². The number of hydrogen-bond donors (Lipinski definition) is 1. The highest BCUT2D eigenvalue weighted by Gasteiger charge is 2.20. The molecule has 2 aliphatic heterocycles. The van der Waals surface area contributed by atoms with E-state index in [0.717, 1.165) is 19.8 Å². The van der Waals surface area contributed by atoms with Crippen LogP contribution in [0.4, 0.5) is 0 Å². The minimum Gasteiger partial charge on any atom is -0.378 e. The predicted octanol–water partition coefficient (Wildman–Crippen LogP) is 3.27. The highest BCUT2D eigenvalue weighted by Crippen LogP contribution is 2.21. The maximum Gasteiger partial charge on any atom is 0.0590 e. The van der Waals surface area contributed by atoms with Crippen LogP contribution in [0.3, 0.4) is 0 Å². The highest BCUT2D eigenvalue weighted by molar-refractivity contribution is 4.75. The Morgan fingerprint density at radius 1 is 1.05 bits per heavy atom.